The molecule has 4 heteroatoms. The fraction of sp³-hybridized carbons (Fsp3) is 0.500. The van der Waals surface area contributed by atoms with Crippen molar-refractivity contribution >= 4 is 5.69 Å². The molecule has 3 nitrogen and oxygen atoms in total. The van der Waals surface area contributed by atoms with Gasteiger partial charge in [-0.2, -0.15) is 0 Å². The molecule has 2 N–H and O–H groups in total. The number of nitrogens with zero attached hydrogens (tertiary/aromatic N) is 1. The fourth-order valence-corrected chi connectivity index (χ4v) is 1.97. The molecule has 0 aromatic heterocycles. The second-order valence-electron chi connectivity index (χ2n) is 4.53. The van der Waals surface area contributed by atoms with E-state index in [9.17, 15) is 4.39 Å². The summed E-state index contributed by atoms with van der Waals surface area (Å²) < 4.78 is 18.3. The van der Waals surface area contributed by atoms with Gasteiger partial charge in [-0.3, -0.25) is 0 Å². The monoisotopic (exact) mass is 224 g/mol. The molecule has 2 rings (SSSR count). The molecule has 0 saturated carbocycles. The van der Waals surface area contributed by atoms with Crippen molar-refractivity contribution in [1.82, 2.24) is 0 Å². The second-order valence-corrected chi connectivity index (χ2v) is 4.53. The van der Waals surface area contributed by atoms with Crippen LogP contribution in [0.3, 0.4) is 0 Å². The molecule has 88 valence electrons. The lowest BCUT2D eigenvalue weighted by Gasteiger charge is -2.43. The van der Waals surface area contributed by atoms with E-state index in [-0.39, 0.29) is 11.2 Å². The van der Waals surface area contributed by atoms with Gasteiger partial charge in [0.05, 0.1) is 13.2 Å². The van der Waals surface area contributed by atoms with E-state index in [1.165, 1.54) is 12.1 Å². The smallest absolute Gasteiger partial charge is 0.125 e. The third-order valence-electron chi connectivity index (χ3n) is 3.07. The van der Waals surface area contributed by atoms with Crippen molar-refractivity contribution in [2.75, 3.05) is 38.3 Å². The van der Waals surface area contributed by atoms with Crippen LogP contribution in [0.2, 0.25) is 0 Å². The third kappa shape index (κ3) is 2.18. The Morgan fingerprint density at radius 2 is 2.25 bits per heavy atom. The molecular formula is C12H17FN2O. The molecule has 0 amide bonds. The van der Waals surface area contributed by atoms with E-state index in [0.29, 0.717) is 19.8 Å². The predicted molar refractivity (Wildman–Crippen MR) is 62.0 cm³/mol. The third-order valence-corrected chi connectivity index (χ3v) is 3.07. The van der Waals surface area contributed by atoms with E-state index < -0.39 is 0 Å². The van der Waals surface area contributed by atoms with Crippen LogP contribution in [0.25, 0.3) is 0 Å². The SMILES string of the molecule is CN(CC1(CN)COC1)c1cccc(F)c1. The predicted octanol–water partition coefficient (Wildman–Crippen LogP) is 1.24. The zero-order valence-corrected chi connectivity index (χ0v) is 9.45. The molecule has 0 atom stereocenters. The molecule has 1 heterocycles. The molecule has 1 aromatic rings. The second kappa shape index (κ2) is 4.39. The molecule has 0 aliphatic carbocycles. The van der Waals surface area contributed by atoms with Crippen LogP contribution in [0.4, 0.5) is 10.1 Å². The average molecular weight is 224 g/mol. The average Bonchev–Trinajstić information content (AvgIpc) is 2.23. The van der Waals surface area contributed by atoms with E-state index in [0.717, 1.165) is 12.2 Å². The van der Waals surface area contributed by atoms with Gasteiger partial charge in [-0.15, -0.1) is 0 Å². The number of halogens is 1. The number of nitrogens with two attached hydrogens (primary N) is 1. The Kier molecular flexibility index (Phi) is 3.12. The van der Waals surface area contributed by atoms with Crippen LogP contribution in [0.5, 0.6) is 0 Å². The molecule has 1 fully saturated rings. The molecule has 0 unspecified atom stereocenters. The van der Waals surface area contributed by atoms with Crippen LogP contribution >= 0.6 is 0 Å². The van der Waals surface area contributed by atoms with Crippen molar-refractivity contribution in [3.63, 3.8) is 0 Å². The molecular weight excluding hydrogens is 207 g/mol. The Bertz CT molecular complexity index is 360. The van der Waals surface area contributed by atoms with Gasteiger partial charge in [-0.05, 0) is 18.2 Å². The Morgan fingerprint density at radius 3 is 2.75 bits per heavy atom. The first-order valence-electron chi connectivity index (χ1n) is 5.40. The molecule has 0 bridgehead atoms. The number of ether oxygens (including phenoxy) is 1. The van der Waals surface area contributed by atoms with Gasteiger partial charge in [-0.25, -0.2) is 4.39 Å². The highest BCUT2D eigenvalue weighted by atomic mass is 19.1. The van der Waals surface area contributed by atoms with Gasteiger partial charge in [0.1, 0.15) is 5.82 Å². The topological polar surface area (TPSA) is 38.5 Å². The summed E-state index contributed by atoms with van der Waals surface area (Å²) in [5.74, 6) is -0.212. The Morgan fingerprint density at radius 1 is 1.50 bits per heavy atom. The van der Waals surface area contributed by atoms with E-state index in [2.05, 4.69) is 0 Å². The first-order chi connectivity index (χ1) is 7.65. The maximum atomic E-state index is 13.1. The van der Waals surface area contributed by atoms with E-state index in [4.69, 9.17) is 10.5 Å². The minimum atomic E-state index is -0.212. The molecule has 16 heavy (non-hydrogen) atoms. The zero-order valence-electron chi connectivity index (χ0n) is 9.45. The summed E-state index contributed by atoms with van der Waals surface area (Å²) in [6, 6.07) is 6.59. The number of anilines is 1. The van der Waals surface area contributed by atoms with Crippen LogP contribution < -0.4 is 10.6 Å². The largest absolute Gasteiger partial charge is 0.380 e. The highest BCUT2D eigenvalue weighted by Crippen LogP contribution is 2.28. The first-order valence-corrected chi connectivity index (χ1v) is 5.40. The van der Waals surface area contributed by atoms with Crippen molar-refractivity contribution in [2.45, 2.75) is 0 Å². The van der Waals surface area contributed by atoms with E-state index >= 15 is 0 Å². The van der Waals surface area contributed by atoms with Crippen molar-refractivity contribution in [3.05, 3.63) is 30.1 Å². The molecule has 1 aliphatic rings. The van der Waals surface area contributed by atoms with Gasteiger partial charge < -0.3 is 15.4 Å². The molecule has 1 saturated heterocycles. The van der Waals surface area contributed by atoms with Crippen LogP contribution in [-0.4, -0.2) is 33.4 Å². The summed E-state index contributed by atoms with van der Waals surface area (Å²) in [5, 5.41) is 0. The summed E-state index contributed by atoms with van der Waals surface area (Å²) >= 11 is 0. The van der Waals surface area contributed by atoms with Crippen molar-refractivity contribution in [1.29, 1.82) is 0 Å². The molecule has 0 radical (unpaired) electrons. The minimum Gasteiger partial charge on any atom is -0.380 e. The Balaban J connectivity index is 2.05. The number of rotatable bonds is 4. The number of hydrogen-bond acceptors (Lipinski definition) is 3. The lowest BCUT2D eigenvalue weighted by Crippen LogP contribution is -2.54. The standard InChI is InChI=1S/C12H17FN2O/c1-15(7-12(6-14)8-16-9-12)11-4-2-3-10(13)5-11/h2-5H,6-9,14H2,1H3. The maximum Gasteiger partial charge on any atom is 0.125 e. The summed E-state index contributed by atoms with van der Waals surface area (Å²) in [6.45, 7) is 2.80. The number of benzene rings is 1. The van der Waals surface area contributed by atoms with Crippen LogP contribution in [-0.2, 0) is 4.74 Å². The van der Waals surface area contributed by atoms with Crippen molar-refractivity contribution < 1.29 is 9.13 Å². The first kappa shape index (κ1) is 11.4. The van der Waals surface area contributed by atoms with Gasteiger partial charge in [0.25, 0.3) is 0 Å². The van der Waals surface area contributed by atoms with E-state index in [1.54, 1.807) is 6.07 Å². The fourth-order valence-electron chi connectivity index (χ4n) is 1.97. The summed E-state index contributed by atoms with van der Waals surface area (Å²) in [6.07, 6.45) is 0. The molecule has 1 aliphatic heterocycles. The van der Waals surface area contributed by atoms with Crippen LogP contribution in [0.1, 0.15) is 0 Å². The quantitative estimate of drug-likeness (QED) is 0.836. The Labute approximate surface area is 95.0 Å². The minimum absolute atomic E-state index is 0.0427. The lowest BCUT2D eigenvalue weighted by atomic mass is 9.85. The van der Waals surface area contributed by atoms with Crippen molar-refractivity contribution in [2.24, 2.45) is 11.1 Å². The number of hydrogen-bond donors (Lipinski definition) is 1. The van der Waals surface area contributed by atoms with E-state index in [1.807, 2.05) is 18.0 Å². The highest BCUT2D eigenvalue weighted by molar-refractivity contribution is 5.46. The van der Waals surface area contributed by atoms with Crippen LogP contribution in [0.15, 0.2) is 24.3 Å². The summed E-state index contributed by atoms with van der Waals surface area (Å²) in [7, 11) is 1.95. The summed E-state index contributed by atoms with van der Waals surface area (Å²) in [4.78, 5) is 2.03. The zero-order chi connectivity index (χ0) is 11.6. The van der Waals surface area contributed by atoms with Gasteiger partial charge in [0.2, 0.25) is 0 Å². The van der Waals surface area contributed by atoms with Gasteiger partial charge in [0.15, 0.2) is 0 Å². The maximum absolute atomic E-state index is 13.1. The normalized spacial score (nSPS) is 17.9. The lowest BCUT2D eigenvalue weighted by molar-refractivity contribution is -0.101. The van der Waals surface area contributed by atoms with Crippen LogP contribution in [0, 0.1) is 11.2 Å². The van der Waals surface area contributed by atoms with Gasteiger partial charge in [-0.1, -0.05) is 6.07 Å². The molecule has 0 spiro atoms. The van der Waals surface area contributed by atoms with Gasteiger partial charge in [0, 0.05) is 31.2 Å². The van der Waals surface area contributed by atoms with Crippen molar-refractivity contribution in [3.8, 4) is 0 Å². The highest BCUT2D eigenvalue weighted by Gasteiger charge is 2.38. The Hall–Kier alpha value is -1.13. The molecule has 1 aromatic carbocycles. The summed E-state index contributed by atoms with van der Waals surface area (Å²) in [5.41, 5.74) is 6.66. The van der Waals surface area contributed by atoms with Gasteiger partial charge >= 0.3 is 0 Å².